The minimum Gasteiger partial charge on any atom is -0.481 e. The van der Waals surface area contributed by atoms with E-state index in [1.54, 1.807) is 20.8 Å². The first-order valence-electron chi connectivity index (χ1n) is 7.46. The van der Waals surface area contributed by atoms with Crippen LogP contribution >= 0.6 is 15.9 Å². The van der Waals surface area contributed by atoms with E-state index in [0.717, 1.165) is 22.0 Å². The van der Waals surface area contributed by atoms with Gasteiger partial charge >= 0.3 is 12.1 Å². The highest BCUT2D eigenvalue weighted by Gasteiger charge is 2.22. The van der Waals surface area contributed by atoms with Gasteiger partial charge < -0.3 is 15.2 Å². The van der Waals surface area contributed by atoms with Gasteiger partial charge in [0.25, 0.3) is 0 Å². The summed E-state index contributed by atoms with van der Waals surface area (Å²) in [6, 6.07) is 5.51. The second-order valence-electron chi connectivity index (χ2n) is 6.54. The maximum atomic E-state index is 11.9. The van der Waals surface area contributed by atoms with Crippen LogP contribution in [0.3, 0.4) is 0 Å². The molecule has 1 unspecified atom stereocenters. The van der Waals surface area contributed by atoms with Gasteiger partial charge in [0, 0.05) is 11.4 Å². The van der Waals surface area contributed by atoms with Crippen LogP contribution in [0.1, 0.15) is 43.9 Å². The summed E-state index contributed by atoms with van der Waals surface area (Å²) < 4.78 is 5.21. The number of alkyl halides is 1. The predicted octanol–water partition coefficient (Wildman–Crippen LogP) is 3.80. The summed E-state index contributed by atoms with van der Waals surface area (Å²) in [4.78, 5) is 23.0. The number of hydrogen-bond donors (Lipinski definition) is 2. The second-order valence-corrected chi connectivity index (χ2v) is 7.10. The van der Waals surface area contributed by atoms with Gasteiger partial charge in [0.2, 0.25) is 0 Å². The maximum Gasteiger partial charge on any atom is 0.407 e. The first-order chi connectivity index (χ1) is 10.6. The Morgan fingerprint density at radius 3 is 2.52 bits per heavy atom. The Bertz CT molecular complexity index is 566. The third-order valence-corrected chi connectivity index (χ3v) is 3.82. The number of halogens is 1. The highest BCUT2D eigenvalue weighted by atomic mass is 79.9. The van der Waals surface area contributed by atoms with Crippen molar-refractivity contribution in [1.29, 1.82) is 0 Å². The summed E-state index contributed by atoms with van der Waals surface area (Å²) in [5.74, 6) is -0.958. The molecule has 0 fully saturated rings. The first kappa shape index (κ1) is 19.5. The van der Waals surface area contributed by atoms with Crippen molar-refractivity contribution < 1.29 is 19.4 Å². The molecule has 1 aromatic rings. The van der Waals surface area contributed by atoms with Crippen molar-refractivity contribution >= 4 is 28.0 Å². The molecule has 5 nitrogen and oxygen atoms in total. The fourth-order valence-electron chi connectivity index (χ4n) is 2.15. The van der Waals surface area contributed by atoms with Gasteiger partial charge in [-0.1, -0.05) is 34.1 Å². The van der Waals surface area contributed by atoms with Crippen molar-refractivity contribution in [3.63, 3.8) is 0 Å². The number of ether oxygens (including phenoxy) is 1. The number of nitrogens with one attached hydrogen (secondary N) is 1. The molecule has 0 aliphatic heterocycles. The van der Waals surface area contributed by atoms with Gasteiger partial charge in [-0.05, 0) is 50.8 Å². The van der Waals surface area contributed by atoms with Crippen LogP contribution in [0.15, 0.2) is 18.2 Å². The van der Waals surface area contributed by atoms with Gasteiger partial charge in [0.1, 0.15) is 5.60 Å². The molecule has 1 amide bonds. The largest absolute Gasteiger partial charge is 0.481 e. The van der Waals surface area contributed by atoms with Gasteiger partial charge in [-0.3, -0.25) is 4.79 Å². The Morgan fingerprint density at radius 2 is 2.00 bits per heavy atom. The van der Waals surface area contributed by atoms with Crippen LogP contribution < -0.4 is 5.32 Å². The van der Waals surface area contributed by atoms with Gasteiger partial charge in [-0.25, -0.2) is 4.79 Å². The molecule has 0 bridgehead atoms. The van der Waals surface area contributed by atoms with Crippen molar-refractivity contribution in [1.82, 2.24) is 5.32 Å². The second kappa shape index (κ2) is 8.34. The van der Waals surface area contributed by atoms with E-state index in [-0.39, 0.29) is 6.42 Å². The average molecular weight is 386 g/mol. The molecule has 0 aliphatic rings. The lowest BCUT2D eigenvalue weighted by atomic mass is 9.97. The van der Waals surface area contributed by atoms with E-state index in [4.69, 9.17) is 9.84 Å². The summed E-state index contributed by atoms with van der Waals surface area (Å²) in [6.07, 6.45) is -0.312. The van der Waals surface area contributed by atoms with E-state index in [2.05, 4.69) is 21.2 Å². The zero-order valence-corrected chi connectivity index (χ0v) is 15.6. The number of benzene rings is 1. The Morgan fingerprint density at radius 1 is 1.35 bits per heavy atom. The number of carboxylic acids is 1. The molecule has 1 rings (SSSR count). The molecule has 0 spiro atoms. The van der Waals surface area contributed by atoms with E-state index >= 15 is 0 Å². The Balaban J connectivity index is 2.86. The Kier molecular flexibility index (Phi) is 7.06. The van der Waals surface area contributed by atoms with E-state index in [9.17, 15) is 9.59 Å². The maximum absolute atomic E-state index is 11.9. The third kappa shape index (κ3) is 7.50. The first-order valence-corrected chi connectivity index (χ1v) is 8.58. The number of carboxylic acid groups (broad SMARTS) is 1. The SMILES string of the molecule is Cc1ccc(CBr)cc1CC(CC(=O)O)NC(=O)OC(C)(C)C. The van der Waals surface area contributed by atoms with Crippen LogP contribution in [0.2, 0.25) is 0 Å². The average Bonchev–Trinajstić information content (AvgIpc) is 2.38. The number of aliphatic carboxylic acids is 1. The number of rotatable bonds is 6. The fraction of sp³-hybridized carbons (Fsp3) is 0.529. The molecule has 0 saturated heterocycles. The lowest BCUT2D eigenvalue weighted by molar-refractivity contribution is -0.137. The lowest BCUT2D eigenvalue weighted by Gasteiger charge is -2.23. The normalized spacial score (nSPS) is 12.6. The molecule has 23 heavy (non-hydrogen) atoms. The third-order valence-electron chi connectivity index (χ3n) is 3.18. The summed E-state index contributed by atoms with van der Waals surface area (Å²) >= 11 is 3.41. The number of aryl methyl sites for hydroxylation is 1. The number of hydrogen-bond acceptors (Lipinski definition) is 3. The highest BCUT2D eigenvalue weighted by Crippen LogP contribution is 2.17. The topological polar surface area (TPSA) is 75.6 Å². The smallest absolute Gasteiger partial charge is 0.407 e. The minimum atomic E-state index is -0.958. The quantitative estimate of drug-likeness (QED) is 0.730. The molecule has 2 N–H and O–H groups in total. The molecule has 0 aromatic heterocycles. The standard InChI is InChI=1S/C17H24BrNO4/c1-11-5-6-12(10-18)7-13(11)8-14(9-15(20)21)19-16(22)23-17(2,3)4/h5-7,14H,8-10H2,1-4H3,(H,19,22)(H,20,21). The molecular weight excluding hydrogens is 362 g/mol. The summed E-state index contributed by atoms with van der Waals surface area (Å²) in [7, 11) is 0. The number of carbonyl (C=O) groups is 2. The van der Waals surface area contributed by atoms with Gasteiger partial charge in [0.15, 0.2) is 0 Å². The number of amides is 1. The highest BCUT2D eigenvalue weighted by molar-refractivity contribution is 9.08. The molecular formula is C17H24BrNO4. The number of carbonyl (C=O) groups excluding carboxylic acids is 1. The van der Waals surface area contributed by atoms with Gasteiger partial charge in [-0.15, -0.1) is 0 Å². The van der Waals surface area contributed by atoms with E-state index in [1.807, 2.05) is 25.1 Å². The molecule has 1 atom stereocenters. The molecule has 6 heteroatoms. The van der Waals surface area contributed by atoms with Crippen molar-refractivity contribution in [3.8, 4) is 0 Å². The Hall–Kier alpha value is -1.56. The van der Waals surface area contributed by atoms with Crippen molar-refractivity contribution in [3.05, 3.63) is 34.9 Å². The minimum absolute atomic E-state index is 0.156. The van der Waals surface area contributed by atoms with Crippen LogP contribution in [0, 0.1) is 6.92 Å². The molecule has 0 saturated carbocycles. The van der Waals surface area contributed by atoms with Crippen molar-refractivity contribution in [2.45, 2.75) is 57.5 Å². The van der Waals surface area contributed by atoms with Crippen molar-refractivity contribution in [2.24, 2.45) is 0 Å². The monoisotopic (exact) mass is 385 g/mol. The molecule has 128 valence electrons. The van der Waals surface area contributed by atoms with Gasteiger partial charge in [-0.2, -0.15) is 0 Å². The Labute approximate surface area is 145 Å². The molecule has 0 radical (unpaired) electrons. The predicted molar refractivity (Wildman–Crippen MR) is 92.9 cm³/mol. The zero-order valence-electron chi connectivity index (χ0n) is 14.0. The van der Waals surface area contributed by atoms with E-state index in [0.29, 0.717) is 6.42 Å². The zero-order chi connectivity index (χ0) is 17.6. The van der Waals surface area contributed by atoms with Crippen LogP contribution in [-0.4, -0.2) is 28.8 Å². The molecule has 0 heterocycles. The summed E-state index contributed by atoms with van der Waals surface area (Å²) in [6.45, 7) is 7.27. The fourth-order valence-corrected chi connectivity index (χ4v) is 2.50. The molecule has 1 aromatic carbocycles. The summed E-state index contributed by atoms with van der Waals surface area (Å²) in [5, 5.41) is 12.5. The van der Waals surface area contributed by atoms with Crippen molar-refractivity contribution in [2.75, 3.05) is 0 Å². The molecule has 0 aliphatic carbocycles. The summed E-state index contributed by atoms with van der Waals surface area (Å²) in [5.41, 5.74) is 2.57. The van der Waals surface area contributed by atoms with Crippen LogP contribution in [-0.2, 0) is 21.3 Å². The van der Waals surface area contributed by atoms with Crippen LogP contribution in [0.4, 0.5) is 4.79 Å². The van der Waals surface area contributed by atoms with Crippen LogP contribution in [0.5, 0.6) is 0 Å². The van der Waals surface area contributed by atoms with E-state index < -0.39 is 23.7 Å². The lowest BCUT2D eigenvalue weighted by Crippen LogP contribution is -2.41. The van der Waals surface area contributed by atoms with Gasteiger partial charge in [0.05, 0.1) is 6.42 Å². The number of alkyl carbamates (subject to hydrolysis) is 1. The van der Waals surface area contributed by atoms with Crippen LogP contribution in [0.25, 0.3) is 0 Å². The van der Waals surface area contributed by atoms with E-state index in [1.165, 1.54) is 0 Å².